The lowest BCUT2D eigenvalue weighted by molar-refractivity contribution is 0.332. The maximum absolute atomic E-state index is 7.45. The van der Waals surface area contributed by atoms with Crippen molar-refractivity contribution in [2.24, 2.45) is 5.92 Å². The van der Waals surface area contributed by atoms with Gasteiger partial charge in [-0.15, -0.1) is 0 Å². The number of rotatable bonds is 4. The van der Waals surface area contributed by atoms with E-state index in [2.05, 4.69) is 223 Å². The molecule has 0 fully saturated rings. The Balaban J connectivity index is 1.28. The van der Waals surface area contributed by atoms with Gasteiger partial charge < -0.3 is 9.32 Å². The van der Waals surface area contributed by atoms with Crippen molar-refractivity contribution in [1.29, 1.82) is 0 Å². The van der Waals surface area contributed by atoms with Gasteiger partial charge in [0.05, 0.1) is 5.69 Å². The zero-order valence-corrected chi connectivity index (χ0v) is 43.8. The van der Waals surface area contributed by atoms with Crippen molar-refractivity contribution < 1.29 is 4.42 Å². The molecule has 2 aliphatic heterocycles. The van der Waals surface area contributed by atoms with Crippen LogP contribution in [0.4, 0.5) is 34.3 Å². The van der Waals surface area contributed by atoms with Crippen LogP contribution in [0.3, 0.4) is 0 Å². The largest absolute Gasteiger partial charge is 0.440 e. The van der Waals surface area contributed by atoms with Crippen LogP contribution in [0.1, 0.15) is 167 Å². The lowest BCUT2D eigenvalue weighted by Gasteiger charge is -2.47. The Morgan fingerprint density at radius 2 is 1.21 bits per heavy atom. The summed E-state index contributed by atoms with van der Waals surface area (Å²) in [5.74, 6) is 2.08. The second-order valence-electron chi connectivity index (χ2n) is 25.7. The molecule has 4 heteroatoms. The van der Waals surface area contributed by atoms with E-state index in [4.69, 9.17) is 4.42 Å². The van der Waals surface area contributed by atoms with Crippen LogP contribution >= 0.6 is 0 Å². The van der Waals surface area contributed by atoms with Crippen LogP contribution in [-0.4, -0.2) is 6.71 Å². The van der Waals surface area contributed by atoms with E-state index in [1.165, 1.54) is 107 Å². The van der Waals surface area contributed by atoms with E-state index in [1.54, 1.807) is 0 Å². The standard InChI is InChI=1S/C64H73BN2O/c1-38(2)44-27-28-62(10,11)48-35-43(23-24-45(44)48)66-53-37-50-49(63(12,13)29-30-64(50,14)15)36-51(53)65-57-47-34-42(61(7,8)9)22-26-56(47)68-59(57)67(55-32-39(3)31-54(66)58(55)65)52-25-21-41(60(4,5)6)33-46(52)40-19-17-16-18-20-40/h16-26,31-38,44H,27-30H2,1-15H3. The number of fused-ring (bicyclic) bond motifs is 8. The Hall–Kier alpha value is -5.48. The third-order valence-corrected chi connectivity index (χ3v) is 17.2. The molecular formula is C64H73BN2O. The first kappa shape index (κ1) is 45.0. The van der Waals surface area contributed by atoms with Gasteiger partial charge in [0.15, 0.2) is 0 Å². The lowest BCUT2D eigenvalue weighted by Crippen LogP contribution is -2.61. The molecule has 1 atom stereocenters. The number of aryl methyl sites for hydroxylation is 1. The van der Waals surface area contributed by atoms with Gasteiger partial charge in [0.25, 0.3) is 6.71 Å². The van der Waals surface area contributed by atoms with Crippen molar-refractivity contribution in [3.05, 3.63) is 148 Å². The van der Waals surface area contributed by atoms with Gasteiger partial charge >= 0.3 is 0 Å². The van der Waals surface area contributed by atoms with Gasteiger partial charge in [0.2, 0.25) is 5.88 Å². The van der Waals surface area contributed by atoms with E-state index in [0.717, 1.165) is 30.0 Å². The molecule has 0 spiro atoms. The third kappa shape index (κ3) is 6.88. The average Bonchev–Trinajstić information content (AvgIpc) is 3.65. The van der Waals surface area contributed by atoms with Crippen LogP contribution in [0.2, 0.25) is 0 Å². The molecule has 3 heterocycles. The van der Waals surface area contributed by atoms with E-state index >= 15 is 0 Å². The number of benzene rings is 6. The van der Waals surface area contributed by atoms with Crippen LogP contribution in [0.25, 0.3) is 22.1 Å². The summed E-state index contributed by atoms with van der Waals surface area (Å²) in [6.07, 6.45) is 4.76. The topological polar surface area (TPSA) is 19.6 Å². The van der Waals surface area contributed by atoms with Crippen LogP contribution < -0.4 is 26.2 Å². The first-order valence-electron chi connectivity index (χ1n) is 25.8. The van der Waals surface area contributed by atoms with E-state index < -0.39 is 0 Å². The molecule has 2 aliphatic carbocycles. The second kappa shape index (κ2) is 15.0. The summed E-state index contributed by atoms with van der Waals surface area (Å²) >= 11 is 0. The molecule has 348 valence electrons. The SMILES string of the molecule is Cc1cc2c3c(c1)N(c1ccc(C(C)(C)C)cc1-c1ccccc1)c1oc4ccc(C(C)(C)C)cc4c1B3c1cc3c(cc1N2c1ccc2c(c1)C(C)(C)CCC2C(C)C)C(C)(C)CCC3(C)C. The summed E-state index contributed by atoms with van der Waals surface area (Å²) in [7, 11) is 0. The van der Waals surface area contributed by atoms with Crippen molar-refractivity contribution >= 4 is 68.4 Å². The Bertz CT molecular complexity index is 3180. The molecule has 1 unspecified atom stereocenters. The Morgan fingerprint density at radius 1 is 0.588 bits per heavy atom. The molecule has 0 radical (unpaired) electrons. The van der Waals surface area contributed by atoms with Crippen molar-refractivity contribution in [3.63, 3.8) is 0 Å². The minimum Gasteiger partial charge on any atom is -0.440 e. The molecule has 0 bridgehead atoms. The molecule has 0 amide bonds. The Kier molecular flexibility index (Phi) is 9.93. The second-order valence-corrected chi connectivity index (χ2v) is 25.7. The van der Waals surface area contributed by atoms with Crippen LogP contribution in [-0.2, 0) is 27.1 Å². The number of nitrogens with zero attached hydrogens (tertiary/aromatic N) is 2. The summed E-state index contributed by atoms with van der Waals surface area (Å²) in [5, 5.41) is 1.21. The third-order valence-electron chi connectivity index (χ3n) is 17.2. The molecule has 6 aromatic carbocycles. The van der Waals surface area contributed by atoms with Crippen LogP contribution in [0, 0.1) is 12.8 Å². The minimum absolute atomic E-state index is 0.0313. The summed E-state index contributed by atoms with van der Waals surface area (Å²) in [6, 6.07) is 43.0. The Labute approximate surface area is 408 Å². The van der Waals surface area contributed by atoms with Gasteiger partial charge in [-0.2, -0.15) is 0 Å². The number of anilines is 6. The molecule has 0 N–H and O–H groups in total. The predicted octanol–water partition coefficient (Wildman–Crippen LogP) is 16.2. The maximum Gasteiger partial charge on any atom is 0.257 e. The zero-order valence-electron chi connectivity index (χ0n) is 43.8. The molecule has 3 nitrogen and oxygen atoms in total. The van der Waals surface area contributed by atoms with Gasteiger partial charge in [0.1, 0.15) is 5.58 Å². The highest BCUT2D eigenvalue weighted by atomic mass is 16.4. The number of furan rings is 1. The Morgan fingerprint density at radius 3 is 1.87 bits per heavy atom. The minimum atomic E-state index is -0.0610. The smallest absolute Gasteiger partial charge is 0.257 e. The molecule has 7 aromatic rings. The van der Waals surface area contributed by atoms with Gasteiger partial charge in [-0.25, -0.2) is 0 Å². The van der Waals surface area contributed by atoms with Gasteiger partial charge in [0, 0.05) is 39.2 Å². The summed E-state index contributed by atoms with van der Waals surface area (Å²) in [5.41, 5.74) is 23.4. The fourth-order valence-corrected chi connectivity index (χ4v) is 12.8. The summed E-state index contributed by atoms with van der Waals surface area (Å²) < 4.78 is 7.45. The molecule has 0 saturated heterocycles. The fourth-order valence-electron chi connectivity index (χ4n) is 12.8. The average molecular weight is 897 g/mol. The highest BCUT2D eigenvalue weighted by molar-refractivity contribution is 7.01. The van der Waals surface area contributed by atoms with Crippen LogP contribution in [0.15, 0.2) is 114 Å². The maximum atomic E-state index is 7.45. The molecule has 0 saturated carbocycles. The van der Waals surface area contributed by atoms with Crippen LogP contribution in [0.5, 0.6) is 0 Å². The van der Waals surface area contributed by atoms with Crippen molar-refractivity contribution in [2.75, 3.05) is 9.80 Å². The monoisotopic (exact) mass is 897 g/mol. The zero-order chi connectivity index (χ0) is 48.2. The summed E-state index contributed by atoms with van der Waals surface area (Å²) in [4.78, 5) is 5.21. The van der Waals surface area contributed by atoms with E-state index in [9.17, 15) is 0 Å². The van der Waals surface area contributed by atoms with Crippen molar-refractivity contribution in [1.82, 2.24) is 0 Å². The number of hydrogen-bond acceptors (Lipinski definition) is 3. The molecule has 1 aromatic heterocycles. The lowest BCUT2D eigenvalue weighted by atomic mass is 9.33. The first-order chi connectivity index (χ1) is 31.9. The molecule has 11 rings (SSSR count). The van der Waals surface area contributed by atoms with Crippen molar-refractivity contribution in [2.45, 2.75) is 163 Å². The highest BCUT2D eigenvalue weighted by Gasteiger charge is 2.49. The van der Waals surface area contributed by atoms with E-state index in [1.807, 2.05) is 0 Å². The van der Waals surface area contributed by atoms with E-state index in [-0.39, 0.29) is 33.8 Å². The number of hydrogen-bond donors (Lipinski definition) is 0. The van der Waals surface area contributed by atoms with E-state index in [0.29, 0.717) is 11.8 Å². The predicted molar refractivity (Wildman–Crippen MR) is 293 cm³/mol. The molecule has 4 aliphatic rings. The fraction of sp³-hybridized carbons (Fsp3) is 0.406. The van der Waals surface area contributed by atoms with Gasteiger partial charge in [-0.05, 0) is 182 Å². The van der Waals surface area contributed by atoms with Crippen molar-refractivity contribution in [3.8, 4) is 11.1 Å². The van der Waals surface area contributed by atoms with Gasteiger partial charge in [-0.1, -0.05) is 152 Å². The summed E-state index contributed by atoms with van der Waals surface area (Å²) in [6.45, 7) is 35.9. The normalized spacial score (nSPS) is 18.8. The molecular weight excluding hydrogens is 824 g/mol. The van der Waals surface area contributed by atoms with Gasteiger partial charge in [-0.3, -0.25) is 4.90 Å². The first-order valence-corrected chi connectivity index (χ1v) is 25.8. The highest BCUT2D eigenvalue weighted by Crippen LogP contribution is 2.54. The molecule has 68 heavy (non-hydrogen) atoms. The quantitative estimate of drug-likeness (QED) is 0.164.